The molecule has 4 aromatic rings. The molecule has 2 N–H and O–H groups in total. The van der Waals surface area contributed by atoms with Crippen LogP contribution in [0.15, 0.2) is 89.1 Å². The van der Waals surface area contributed by atoms with Crippen LogP contribution < -0.4 is 5.43 Å². The third-order valence-electron chi connectivity index (χ3n) is 4.43. The van der Waals surface area contributed by atoms with Gasteiger partial charge in [0.05, 0.1) is 29.5 Å². The zero-order valence-electron chi connectivity index (χ0n) is 16.1. The minimum atomic E-state index is -0.214. The maximum Gasteiger partial charge on any atom is 0.250 e. The fourth-order valence-electron chi connectivity index (χ4n) is 2.98. The van der Waals surface area contributed by atoms with Crippen LogP contribution in [0.2, 0.25) is 0 Å². The van der Waals surface area contributed by atoms with E-state index in [0.29, 0.717) is 6.54 Å². The minimum absolute atomic E-state index is 0.186. The molecule has 0 saturated carbocycles. The highest BCUT2D eigenvalue weighted by Crippen LogP contribution is 2.25. The number of hydrogen-bond acceptors (Lipinski definition) is 5. The molecule has 30 heavy (non-hydrogen) atoms. The zero-order valence-corrected chi connectivity index (χ0v) is 16.9. The van der Waals surface area contributed by atoms with Crippen LogP contribution in [-0.2, 0) is 11.3 Å². The molecule has 0 aliphatic heterocycles. The molecule has 1 aromatic heterocycles. The van der Waals surface area contributed by atoms with Crippen molar-refractivity contribution in [1.29, 1.82) is 0 Å². The van der Waals surface area contributed by atoms with Crippen LogP contribution in [-0.4, -0.2) is 32.5 Å². The highest BCUT2D eigenvalue weighted by Gasteiger charge is 2.13. The number of amides is 1. The molecule has 4 rings (SSSR count). The summed E-state index contributed by atoms with van der Waals surface area (Å²) in [6, 6.07) is 24.7. The van der Waals surface area contributed by atoms with Crippen LogP contribution in [0.5, 0.6) is 5.75 Å². The van der Waals surface area contributed by atoms with Crippen LogP contribution in [0.25, 0.3) is 11.0 Å². The number of carbonyl (C=O) groups is 1. The predicted molar refractivity (Wildman–Crippen MR) is 120 cm³/mol. The number of nitrogens with one attached hydrogen (secondary N) is 1. The standard InChI is InChI=1S/C23H20N4O2S/c28-19-12-10-17(11-13-19)14-24-26-22(29)16-30-23-25-20-8-4-5-9-21(20)27(23)15-18-6-2-1-3-7-18/h1-14,28H,15-16H2,(H,26,29)/b24-14+. The second kappa shape index (κ2) is 9.28. The van der Waals surface area contributed by atoms with Crippen molar-refractivity contribution in [3.8, 4) is 5.75 Å². The van der Waals surface area contributed by atoms with E-state index < -0.39 is 0 Å². The van der Waals surface area contributed by atoms with E-state index in [1.54, 1.807) is 24.3 Å². The van der Waals surface area contributed by atoms with E-state index in [9.17, 15) is 9.90 Å². The molecule has 1 heterocycles. The molecular formula is C23H20N4O2S. The highest BCUT2D eigenvalue weighted by molar-refractivity contribution is 7.99. The number of carbonyl (C=O) groups excluding carboxylic acids is 1. The molecule has 0 aliphatic rings. The first-order valence-electron chi connectivity index (χ1n) is 9.42. The fourth-order valence-corrected chi connectivity index (χ4v) is 3.79. The number of aromatic nitrogens is 2. The van der Waals surface area contributed by atoms with E-state index in [1.807, 2.05) is 42.5 Å². The van der Waals surface area contributed by atoms with E-state index >= 15 is 0 Å². The second-order valence-electron chi connectivity index (χ2n) is 6.63. The van der Waals surface area contributed by atoms with Gasteiger partial charge in [-0.25, -0.2) is 10.4 Å². The predicted octanol–water partition coefficient (Wildman–Crippen LogP) is 4.03. The zero-order chi connectivity index (χ0) is 20.8. The van der Waals surface area contributed by atoms with Gasteiger partial charge in [-0.3, -0.25) is 4.79 Å². The van der Waals surface area contributed by atoms with E-state index in [2.05, 4.69) is 27.2 Å². The van der Waals surface area contributed by atoms with Gasteiger partial charge in [-0.15, -0.1) is 0 Å². The number of hydrogen-bond donors (Lipinski definition) is 2. The van der Waals surface area contributed by atoms with Crippen LogP contribution >= 0.6 is 11.8 Å². The van der Waals surface area contributed by atoms with E-state index in [4.69, 9.17) is 4.98 Å². The number of benzene rings is 3. The SMILES string of the molecule is O=C(CSc1nc2ccccc2n1Cc1ccccc1)N/N=C/c1ccc(O)cc1. The molecule has 6 nitrogen and oxygen atoms in total. The highest BCUT2D eigenvalue weighted by atomic mass is 32.2. The van der Waals surface area contributed by atoms with Crippen molar-refractivity contribution in [3.63, 3.8) is 0 Å². The average Bonchev–Trinajstić information content (AvgIpc) is 3.12. The first-order valence-corrected chi connectivity index (χ1v) is 10.4. The van der Waals surface area contributed by atoms with Crippen molar-refractivity contribution in [2.75, 3.05) is 5.75 Å². The summed E-state index contributed by atoms with van der Waals surface area (Å²) in [5, 5.41) is 14.1. The molecule has 1 amide bonds. The number of aromatic hydroxyl groups is 1. The Morgan fingerprint density at radius 2 is 1.77 bits per heavy atom. The third-order valence-corrected chi connectivity index (χ3v) is 5.41. The summed E-state index contributed by atoms with van der Waals surface area (Å²) in [5.74, 6) is 0.171. The lowest BCUT2D eigenvalue weighted by Gasteiger charge is -2.09. The number of thioether (sulfide) groups is 1. The van der Waals surface area contributed by atoms with Crippen molar-refractivity contribution in [2.45, 2.75) is 11.7 Å². The number of fused-ring (bicyclic) bond motifs is 1. The maximum absolute atomic E-state index is 12.2. The quantitative estimate of drug-likeness (QED) is 0.271. The van der Waals surface area contributed by atoms with Gasteiger partial charge in [0, 0.05) is 0 Å². The number of hydrazone groups is 1. The lowest BCUT2D eigenvalue weighted by molar-refractivity contribution is -0.118. The number of phenolic OH excluding ortho intramolecular Hbond substituents is 1. The van der Waals surface area contributed by atoms with E-state index in [0.717, 1.165) is 21.8 Å². The second-order valence-corrected chi connectivity index (χ2v) is 7.57. The summed E-state index contributed by atoms with van der Waals surface area (Å²) in [6.45, 7) is 0.685. The number of imidazole rings is 1. The summed E-state index contributed by atoms with van der Waals surface area (Å²) in [4.78, 5) is 16.9. The number of para-hydroxylation sites is 2. The van der Waals surface area contributed by atoms with Crippen molar-refractivity contribution in [2.24, 2.45) is 5.10 Å². The van der Waals surface area contributed by atoms with E-state index in [-0.39, 0.29) is 17.4 Å². The Balaban J connectivity index is 1.43. The Labute approximate surface area is 178 Å². The fraction of sp³-hybridized carbons (Fsp3) is 0.0870. The van der Waals surface area contributed by atoms with Crippen molar-refractivity contribution >= 4 is 34.9 Å². The summed E-state index contributed by atoms with van der Waals surface area (Å²) in [5.41, 5.74) is 6.42. The third kappa shape index (κ3) is 4.87. The van der Waals surface area contributed by atoms with Gasteiger partial charge in [-0.05, 0) is 47.5 Å². The van der Waals surface area contributed by atoms with Crippen molar-refractivity contribution in [1.82, 2.24) is 15.0 Å². The van der Waals surface area contributed by atoms with Gasteiger partial charge < -0.3 is 9.67 Å². The van der Waals surface area contributed by atoms with E-state index in [1.165, 1.54) is 23.5 Å². The Morgan fingerprint density at radius 1 is 1.03 bits per heavy atom. The van der Waals surface area contributed by atoms with Crippen molar-refractivity contribution in [3.05, 3.63) is 90.0 Å². The molecule has 0 unspecified atom stereocenters. The van der Waals surface area contributed by atoms with Gasteiger partial charge >= 0.3 is 0 Å². The molecule has 0 bridgehead atoms. The lowest BCUT2D eigenvalue weighted by atomic mass is 10.2. The maximum atomic E-state index is 12.2. The minimum Gasteiger partial charge on any atom is -0.508 e. The van der Waals surface area contributed by atoms with Crippen LogP contribution in [0.3, 0.4) is 0 Å². The molecule has 0 radical (unpaired) electrons. The molecule has 0 spiro atoms. The number of nitrogens with zero attached hydrogens (tertiary/aromatic N) is 3. The molecule has 0 fully saturated rings. The smallest absolute Gasteiger partial charge is 0.250 e. The summed E-state index contributed by atoms with van der Waals surface area (Å²) in [7, 11) is 0. The monoisotopic (exact) mass is 416 g/mol. The number of rotatable bonds is 7. The Bertz CT molecular complexity index is 1170. The van der Waals surface area contributed by atoms with Gasteiger partial charge in [0.25, 0.3) is 5.91 Å². The van der Waals surface area contributed by atoms with Gasteiger partial charge in [-0.2, -0.15) is 5.10 Å². The Kier molecular flexibility index (Phi) is 6.10. The largest absolute Gasteiger partial charge is 0.508 e. The van der Waals surface area contributed by atoms with Crippen LogP contribution in [0, 0.1) is 0 Å². The molecule has 7 heteroatoms. The normalized spacial score (nSPS) is 11.2. The van der Waals surface area contributed by atoms with Gasteiger partial charge in [0.1, 0.15) is 5.75 Å². The van der Waals surface area contributed by atoms with Crippen molar-refractivity contribution < 1.29 is 9.90 Å². The van der Waals surface area contributed by atoms with Crippen LogP contribution in [0.4, 0.5) is 0 Å². The molecule has 0 atom stereocenters. The van der Waals surface area contributed by atoms with Gasteiger partial charge in [0.2, 0.25) is 0 Å². The lowest BCUT2D eigenvalue weighted by Crippen LogP contribution is -2.20. The first kappa shape index (κ1) is 19.7. The molecular weight excluding hydrogens is 396 g/mol. The Morgan fingerprint density at radius 3 is 2.57 bits per heavy atom. The van der Waals surface area contributed by atoms with Gasteiger partial charge in [-0.1, -0.05) is 54.2 Å². The average molecular weight is 417 g/mol. The van der Waals surface area contributed by atoms with Gasteiger partial charge in [0.15, 0.2) is 5.16 Å². The summed E-state index contributed by atoms with van der Waals surface area (Å²) in [6.07, 6.45) is 1.53. The Hall–Kier alpha value is -3.58. The summed E-state index contributed by atoms with van der Waals surface area (Å²) >= 11 is 1.38. The first-order chi connectivity index (χ1) is 14.7. The molecule has 150 valence electrons. The molecule has 3 aromatic carbocycles. The summed E-state index contributed by atoms with van der Waals surface area (Å²) < 4.78 is 2.13. The molecule has 0 saturated heterocycles. The molecule has 0 aliphatic carbocycles. The topological polar surface area (TPSA) is 79.5 Å². The number of phenols is 1. The van der Waals surface area contributed by atoms with Crippen LogP contribution in [0.1, 0.15) is 11.1 Å².